The van der Waals surface area contributed by atoms with Gasteiger partial charge in [0.05, 0.1) is 5.75 Å². The quantitative estimate of drug-likeness (QED) is 0.156. The van der Waals surface area contributed by atoms with Crippen LogP contribution in [-0.2, 0) is 14.8 Å². The second-order valence-corrected chi connectivity index (χ2v) is 9.05. The molecule has 0 saturated carbocycles. The van der Waals surface area contributed by atoms with E-state index >= 15 is 0 Å². The Morgan fingerprint density at radius 3 is 2.45 bits per heavy atom. The summed E-state index contributed by atoms with van der Waals surface area (Å²) in [6.45, 7) is 3.84. The number of sulfonamides is 1. The Balaban J connectivity index is 1.97. The third-order valence-corrected chi connectivity index (χ3v) is 6.75. The van der Waals surface area contributed by atoms with Gasteiger partial charge in [-0.3, -0.25) is 10.0 Å². The van der Waals surface area contributed by atoms with Crippen LogP contribution in [0.15, 0.2) is 24.3 Å². The summed E-state index contributed by atoms with van der Waals surface area (Å²) in [5.41, 5.74) is 7.39. The molecule has 0 aromatic heterocycles. The van der Waals surface area contributed by atoms with Crippen LogP contribution < -0.4 is 10.6 Å². The highest BCUT2D eigenvalue weighted by molar-refractivity contribution is 7.89. The van der Waals surface area contributed by atoms with Gasteiger partial charge >= 0.3 is 0 Å². The fourth-order valence-corrected chi connectivity index (χ4v) is 4.69. The van der Waals surface area contributed by atoms with E-state index in [-0.39, 0.29) is 6.41 Å². The molecule has 2 rings (SSSR count). The van der Waals surface area contributed by atoms with Crippen molar-refractivity contribution in [3.05, 3.63) is 24.3 Å². The first-order valence-electron chi connectivity index (χ1n) is 9.86. The molecule has 29 heavy (non-hydrogen) atoms. The highest BCUT2D eigenvalue weighted by atomic mass is 32.2. The first kappa shape index (κ1) is 23.0. The van der Waals surface area contributed by atoms with Crippen LogP contribution in [0, 0.1) is 11.8 Å². The maximum atomic E-state index is 12.8. The van der Waals surface area contributed by atoms with Gasteiger partial charge in [0.1, 0.15) is 6.04 Å². The van der Waals surface area contributed by atoms with Gasteiger partial charge in [0.25, 0.3) is 0 Å². The third-order valence-electron chi connectivity index (χ3n) is 4.86. The van der Waals surface area contributed by atoms with Gasteiger partial charge in [0.2, 0.25) is 16.4 Å². The number of unbranched alkanes of at least 4 members (excludes halogenated alkanes) is 3. The molecule has 0 spiro atoms. The van der Waals surface area contributed by atoms with Crippen LogP contribution in [0.5, 0.6) is 0 Å². The lowest BCUT2D eigenvalue weighted by molar-refractivity contribution is -0.153. The molecule has 1 atom stereocenters. The SMILES string of the molecule is CCCCCC#CC(CS(=O)(=O)N1CCN(c2ccc(N)cc2)CC1)N(O)C=O. The van der Waals surface area contributed by atoms with Gasteiger partial charge in [-0.15, -0.1) is 5.92 Å². The number of hydrogen-bond donors (Lipinski definition) is 2. The Kier molecular flexibility index (Phi) is 8.76. The first-order chi connectivity index (χ1) is 13.9. The van der Waals surface area contributed by atoms with Crippen LogP contribution in [0.1, 0.15) is 32.6 Å². The van der Waals surface area contributed by atoms with Gasteiger partial charge in [-0.05, 0) is 30.7 Å². The lowest BCUT2D eigenvalue weighted by Crippen LogP contribution is -2.51. The minimum atomic E-state index is -3.67. The predicted octanol–water partition coefficient (Wildman–Crippen LogP) is 1.52. The Hall–Kier alpha value is -2.28. The van der Waals surface area contributed by atoms with Gasteiger partial charge in [0.15, 0.2) is 0 Å². The smallest absolute Gasteiger partial charge is 0.234 e. The summed E-state index contributed by atoms with van der Waals surface area (Å²) in [4.78, 5) is 13.0. The molecule has 1 aliphatic rings. The lowest BCUT2D eigenvalue weighted by Gasteiger charge is -2.36. The van der Waals surface area contributed by atoms with Crippen LogP contribution in [0.2, 0.25) is 0 Å². The van der Waals surface area contributed by atoms with Crippen LogP contribution in [0.3, 0.4) is 0 Å². The minimum absolute atomic E-state index is 0.194. The Labute approximate surface area is 173 Å². The molecule has 9 heteroatoms. The van der Waals surface area contributed by atoms with E-state index in [1.165, 1.54) is 4.31 Å². The van der Waals surface area contributed by atoms with Crippen molar-refractivity contribution in [3.8, 4) is 11.8 Å². The summed E-state index contributed by atoms with van der Waals surface area (Å²) in [6, 6.07) is 6.39. The molecule has 0 bridgehead atoms. The van der Waals surface area contributed by atoms with E-state index in [4.69, 9.17) is 5.73 Å². The number of hydroxylamine groups is 2. The normalized spacial score (nSPS) is 16.0. The summed E-state index contributed by atoms with van der Waals surface area (Å²) in [5.74, 6) is 5.19. The number of piperazine rings is 1. The first-order valence-corrected chi connectivity index (χ1v) is 11.5. The largest absolute Gasteiger partial charge is 0.399 e. The zero-order chi connectivity index (χ0) is 21.3. The van der Waals surface area contributed by atoms with E-state index in [0.29, 0.717) is 43.4 Å². The van der Waals surface area contributed by atoms with Gasteiger partial charge in [-0.1, -0.05) is 25.7 Å². The fourth-order valence-electron chi connectivity index (χ4n) is 3.13. The van der Waals surface area contributed by atoms with Crippen LogP contribution >= 0.6 is 0 Å². The number of carbonyl (C=O) groups excluding carboxylic acids is 1. The number of amides is 1. The second kappa shape index (κ2) is 11.0. The molecule has 1 heterocycles. The Morgan fingerprint density at radius 1 is 1.21 bits per heavy atom. The molecule has 1 amide bonds. The second-order valence-electron chi connectivity index (χ2n) is 7.04. The van der Waals surface area contributed by atoms with Crippen molar-refractivity contribution in [2.45, 2.75) is 38.6 Å². The van der Waals surface area contributed by atoms with Crippen molar-refractivity contribution in [2.75, 3.05) is 42.6 Å². The Morgan fingerprint density at radius 2 is 1.86 bits per heavy atom. The molecular weight excluding hydrogens is 392 g/mol. The monoisotopic (exact) mass is 422 g/mol. The number of nitrogens with zero attached hydrogens (tertiary/aromatic N) is 3. The number of rotatable bonds is 9. The molecule has 1 fully saturated rings. The molecule has 8 nitrogen and oxygen atoms in total. The minimum Gasteiger partial charge on any atom is -0.399 e. The summed E-state index contributed by atoms with van der Waals surface area (Å²) < 4.78 is 27.0. The average molecular weight is 423 g/mol. The molecule has 0 aliphatic carbocycles. The van der Waals surface area contributed by atoms with E-state index in [1.54, 1.807) is 0 Å². The fraction of sp³-hybridized carbons (Fsp3) is 0.550. The van der Waals surface area contributed by atoms with Gasteiger partial charge in [-0.25, -0.2) is 13.5 Å². The van der Waals surface area contributed by atoms with E-state index in [2.05, 4.69) is 23.7 Å². The van der Waals surface area contributed by atoms with Crippen LogP contribution in [-0.4, -0.2) is 67.4 Å². The maximum absolute atomic E-state index is 12.8. The lowest BCUT2D eigenvalue weighted by atomic mass is 10.2. The topological polar surface area (TPSA) is 107 Å². The molecule has 1 unspecified atom stereocenters. The Bertz CT molecular complexity index is 809. The van der Waals surface area contributed by atoms with Crippen molar-refractivity contribution in [1.82, 2.24) is 9.37 Å². The summed E-state index contributed by atoms with van der Waals surface area (Å²) in [6.07, 6.45) is 3.80. The number of benzene rings is 1. The van der Waals surface area contributed by atoms with Crippen molar-refractivity contribution >= 4 is 27.8 Å². The standard InChI is InChI=1S/C20H30N4O4S/c1-2-3-4-5-6-7-20(24(26)17-25)16-29(27,28)23-14-12-22(13-15-23)19-10-8-18(21)9-11-19/h8-11,17,20,26H,2-5,12-16,21H2,1H3. The number of carbonyl (C=O) groups is 1. The summed E-state index contributed by atoms with van der Waals surface area (Å²) in [7, 11) is -3.67. The van der Waals surface area contributed by atoms with Crippen molar-refractivity contribution in [1.29, 1.82) is 0 Å². The number of anilines is 2. The summed E-state index contributed by atoms with van der Waals surface area (Å²) >= 11 is 0. The number of nitrogen functional groups attached to an aromatic ring is 1. The van der Waals surface area contributed by atoms with E-state index in [1.807, 2.05) is 24.3 Å². The number of hydrogen-bond acceptors (Lipinski definition) is 6. The average Bonchev–Trinajstić information content (AvgIpc) is 2.72. The van der Waals surface area contributed by atoms with Crippen LogP contribution in [0.4, 0.5) is 11.4 Å². The molecule has 3 N–H and O–H groups in total. The highest BCUT2D eigenvalue weighted by Gasteiger charge is 2.31. The third kappa shape index (κ3) is 6.92. The predicted molar refractivity (Wildman–Crippen MR) is 114 cm³/mol. The van der Waals surface area contributed by atoms with Crippen LogP contribution in [0.25, 0.3) is 0 Å². The molecule has 1 aromatic carbocycles. The molecule has 0 radical (unpaired) electrons. The molecule has 1 saturated heterocycles. The number of nitrogens with two attached hydrogens (primary N) is 1. The van der Waals surface area contributed by atoms with Gasteiger partial charge < -0.3 is 10.6 Å². The van der Waals surface area contributed by atoms with E-state index in [9.17, 15) is 18.4 Å². The molecule has 1 aromatic rings. The molecule has 160 valence electrons. The van der Waals surface area contributed by atoms with E-state index in [0.717, 1.165) is 24.9 Å². The highest BCUT2D eigenvalue weighted by Crippen LogP contribution is 2.19. The summed E-state index contributed by atoms with van der Waals surface area (Å²) in [5, 5.41) is 10.1. The zero-order valence-corrected chi connectivity index (χ0v) is 17.6. The zero-order valence-electron chi connectivity index (χ0n) is 16.8. The van der Waals surface area contributed by atoms with Crippen molar-refractivity contribution in [3.63, 3.8) is 0 Å². The van der Waals surface area contributed by atoms with Crippen molar-refractivity contribution in [2.24, 2.45) is 0 Å². The van der Waals surface area contributed by atoms with Crippen molar-refractivity contribution < 1.29 is 18.4 Å². The molecule has 1 aliphatic heterocycles. The molecular formula is C20H30N4O4S. The van der Waals surface area contributed by atoms with Gasteiger partial charge in [0, 0.05) is 44.0 Å². The maximum Gasteiger partial charge on any atom is 0.234 e. The van der Waals surface area contributed by atoms with Gasteiger partial charge in [-0.2, -0.15) is 4.31 Å². The van der Waals surface area contributed by atoms with E-state index < -0.39 is 21.8 Å².